The van der Waals surface area contributed by atoms with Crippen LogP contribution in [0.1, 0.15) is 36.8 Å². The molecule has 2 fully saturated rings. The number of anilines is 1. The first-order chi connectivity index (χ1) is 8.15. The zero-order valence-corrected chi connectivity index (χ0v) is 10.7. The number of nitrogens with zero attached hydrogens (tertiary/aromatic N) is 1. The monoisotopic (exact) mass is 231 g/mol. The van der Waals surface area contributed by atoms with E-state index in [9.17, 15) is 5.11 Å². The number of aryl methyl sites for hydroxylation is 2. The third kappa shape index (κ3) is 1.85. The fourth-order valence-electron chi connectivity index (χ4n) is 3.46. The molecule has 2 atom stereocenters. The van der Waals surface area contributed by atoms with Gasteiger partial charge in [0.05, 0.1) is 6.10 Å². The number of fused-ring (bicyclic) bond motifs is 2. The number of aliphatic hydroxyl groups is 1. The van der Waals surface area contributed by atoms with Crippen LogP contribution < -0.4 is 4.90 Å². The second-order valence-electron chi connectivity index (χ2n) is 5.69. The molecule has 0 saturated carbocycles. The summed E-state index contributed by atoms with van der Waals surface area (Å²) < 4.78 is 0. The number of rotatable bonds is 1. The van der Waals surface area contributed by atoms with Crippen molar-refractivity contribution in [3.63, 3.8) is 0 Å². The largest absolute Gasteiger partial charge is 0.393 e. The number of hydrogen-bond acceptors (Lipinski definition) is 2. The van der Waals surface area contributed by atoms with Crippen LogP contribution in [0.2, 0.25) is 0 Å². The molecule has 2 saturated heterocycles. The van der Waals surface area contributed by atoms with Crippen molar-refractivity contribution in [2.45, 2.75) is 57.7 Å². The molecule has 2 aliphatic rings. The second-order valence-corrected chi connectivity index (χ2v) is 5.69. The molecular weight excluding hydrogens is 210 g/mol. The van der Waals surface area contributed by atoms with Crippen LogP contribution in [0.25, 0.3) is 0 Å². The minimum Gasteiger partial charge on any atom is -0.393 e. The van der Waals surface area contributed by atoms with Crippen LogP contribution in [0.15, 0.2) is 18.2 Å². The van der Waals surface area contributed by atoms with E-state index in [1.165, 1.54) is 29.7 Å². The summed E-state index contributed by atoms with van der Waals surface area (Å²) in [7, 11) is 0. The van der Waals surface area contributed by atoms with Crippen molar-refractivity contribution in [2.24, 2.45) is 0 Å². The number of aliphatic hydroxyl groups excluding tert-OH is 1. The lowest BCUT2D eigenvalue weighted by Gasteiger charge is -2.39. The highest BCUT2D eigenvalue weighted by atomic mass is 16.3. The van der Waals surface area contributed by atoms with Gasteiger partial charge in [-0.05, 0) is 62.8 Å². The van der Waals surface area contributed by atoms with Crippen LogP contribution >= 0.6 is 0 Å². The summed E-state index contributed by atoms with van der Waals surface area (Å²) in [6, 6.07) is 7.88. The van der Waals surface area contributed by atoms with Crippen LogP contribution in [0.5, 0.6) is 0 Å². The van der Waals surface area contributed by atoms with E-state index in [-0.39, 0.29) is 6.10 Å². The van der Waals surface area contributed by atoms with Crippen LogP contribution in [-0.2, 0) is 0 Å². The smallest absolute Gasteiger partial charge is 0.0579 e. The average molecular weight is 231 g/mol. The van der Waals surface area contributed by atoms with Crippen molar-refractivity contribution in [2.75, 3.05) is 4.90 Å². The van der Waals surface area contributed by atoms with E-state index in [4.69, 9.17) is 0 Å². The van der Waals surface area contributed by atoms with Gasteiger partial charge < -0.3 is 10.0 Å². The standard InChI is InChI=1S/C15H21NO/c1-10-3-4-12(7-11(10)2)16-13-5-6-14(16)9-15(17)8-13/h3-4,7,13-15,17H,5-6,8-9H2,1-2H3. The Morgan fingerprint density at radius 3 is 2.29 bits per heavy atom. The van der Waals surface area contributed by atoms with Gasteiger partial charge in [0, 0.05) is 17.8 Å². The van der Waals surface area contributed by atoms with Crippen molar-refractivity contribution in [1.29, 1.82) is 0 Å². The first-order valence-electron chi connectivity index (χ1n) is 6.69. The predicted octanol–water partition coefficient (Wildman–Crippen LogP) is 2.80. The Hall–Kier alpha value is -1.02. The summed E-state index contributed by atoms with van der Waals surface area (Å²) in [6.07, 6.45) is 4.31. The van der Waals surface area contributed by atoms with Gasteiger partial charge in [0.15, 0.2) is 0 Å². The molecule has 2 heterocycles. The van der Waals surface area contributed by atoms with E-state index in [1.54, 1.807) is 0 Å². The van der Waals surface area contributed by atoms with Gasteiger partial charge in [-0.25, -0.2) is 0 Å². The van der Waals surface area contributed by atoms with Crippen LogP contribution in [0.4, 0.5) is 5.69 Å². The van der Waals surface area contributed by atoms with Gasteiger partial charge >= 0.3 is 0 Å². The Morgan fingerprint density at radius 2 is 1.71 bits per heavy atom. The second kappa shape index (κ2) is 4.02. The molecule has 0 aliphatic carbocycles. The Bertz CT molecular complexity index is 415. The summed E-state index contributed by atoms with van der Waals surface area (Å²) in [5.41, 5.74) is 4.08. The van der Waals surface area contributed by atoms with Gasteiger partial charge in [-0.2, -0.15) is 0 Å². The maximum Gasteiger partial charge on any atom is 0.0579 e. The molecule has 0 spiro atoms. The molecule has 2 aliphatic heterocycles. The lowest BCUT2D eigenvalue weighted by atomic mass is 9.98. The zero-order chi connectivity index (χ0) is 12.0. The third-order valence-electron chi connectivity index (χ3n) is 4.50. The lowest BCUT2D eigenvalue weighted by Crippen LogP contribution is -2.44. The summed E-state index contributed by atoms with van der Waals surface area (Å²) in [6.45, 7) is 4.34. The molecule has 2 heteroatoms. The molecule has 1 aromatic rings. The van der Waals surface area contributed by atoms with Gasteiger partial charge in [-0.1, -0.05) is 6.07 Å². The van der Waals surface area contributed by atoms with Gasteiger partial charge in [0.25, 0.3) is 0 Å². The topological polar surface area (TPSA) is 23.5 Å². The molecule has 0 radical (unpaired) electrons. The van der Waals surface area contributed by atoms with Crippen LogP contribution in [0, 0.1) is 13.8 Å². The summed E-state index contributed by atoms with van der Waals surface area (Å²) in [5.74, 6) is 0. The van der Waals surface area contributed by atoms with Crippen molar-refractivity contribution < 1.29 is 5.11 Å². The lowest BCUT2D eigenvalue weighted by molar-refractivity contribution is 0.126. The fraction of sp³-hybridized carbons (Fsp3) is 0.600. The Labute approximate surface area is 103 Å². The average Bonchev–Trinajstić information content (AvgIpc) is 2.55. The molecule has 2 bridgehead atoms. The molecule has 2 nitrogen and oxygen atoms in total. The minimum absolute atomic E-state index is 0.0738. The maximum atomic E-state index is 9.83. The predicted molar refractivity (Wildman–Crippen MR) is 70.4 cm³/mol. The highest BCUT2D eigenvalue weighted by molar-refractivity contribution is 5.53. The molecule has 92 valence electrons. The summed E-state index contributed by atoms with van der Waals surface area (Å²) in [5, 5.41) is 9.83. The molecule has 2 unspecified atom stereocenters. The first kappa shape index (κ1) is 11.1. The molecular formula is C15H21NO. The highest BCUT2D eigenvalue weighted by Gasteiger charge is 2.40. The van der Waals surface area contributed by atoms with Crippen molar-refractivity contribution in [1.82, 2.24) is 0 Å². The molecule has 0 aromatic heterocycles. The fourth-order valence-corrected chi connectivity index (χ4v) is 3.46. The van der Waals surface area contributed by atoms with Gasteiger partial charge in [-0.3, -0.25) is 0 Å². The molecule has 3 rings (SSSR count). The summed E-state index contributed by atoms with van der Waals surface area (Å²) in [4.78, 5) is 2.55. The Kier molecular flexibility index (Phi) is 2.62. The van der Waals surface area contributed by atoms with Crippen LogP contribution in [-0.4, -0.2) is 23.3 Å². The minimum atomic E-state index is -0.0738. The van der Waals surface area contributed by atoms with Gasteiger partial charge in [0.1, 0.15) is 0 Å². The van der Waals surface area contributed by atoms with E-state index < -0.39 is 0 Å². The van der Waals surface area contributed by atoms with E-state index in [1.807, 2.05) is 0 Å². The van der Waals surface area contributed by atoms with Crippen molar-refractivity contribution in [3.8, 4) is 0 Å². The number of hydrogen-bond donors (Lipinski definition) is 1. The molecule has 0 amide bonds. The van der Waals surface area contributed by atoms with E-state index in [0.717, 1.165) is 12.8 Å². The quantitative estimate of drug-likeness (QED) is 0.803. The number of piperidine rings is 1. The Morgan fingerprint density at radius 1 is 1.06 bits per heavy atom. The third-order valence-corrected chi connectivity index (χ3v) is 4.50. The van der Waals surface area contributed by atoms with Gasteiger partial charge in [-0.15, -0.1) is 0 Å². The first-order valence-corrected chi connectivity index (χ1v) is 6.69. The maximum absolute atomic E-state index is 9.83. The van der Waals surface area contributed by atoms with Crippen molar-refractivity contribution >= 4 is 5.69 Å². The molecule has 1 aromatic carbocycles. The molecule has 17 heavy (non-hydrogen) atoms. The van der Waals surface area contributed by atoms with E-state index in [2.05, 4.69) is 36.9 Å². The summed E-state index contributed by atoms with van der Waals surface area (Å²) >= 11 is 0. The molecule has 1 N–H and O–H groups in total. The van der Waals surface area contributed by atoms with E-state index >= 15 is 0 Å². The van der Waals surface area contributed by atoms with Crippen molar-refractivity contribution in [3.05, 3.63) is 29.3 Å². The number of benzene rings is 1. The highest BCUT2D eigenvalue weighted by Crippen LogP contribution is 2.39. The van der Waals surface area contributed by atoms with Crippen LogP contribution in [0.3, 0.4) is 0 Å². The Balaban J connectivity index is 1.92. The van der Waals surface area contributed by atoms with E-state index in [0.29, 0.717) is 12.1 Å². The normalized spacial score (nSPS) is 31.9. The van der Waals surface area contributed by atoms with Gasteiger partial charge in [0.2, 0.25) is 0 Å². The zero-order valence-electron chi connectivity index (χ0n) is 10.7. The SMILES string of the molecule is Cc1ccc(N2C3CCC2CC(O)C3)cc1C.